The molecule has 0 spiro atoms. The number of nitro groups is 1. The first-order chi connectivity index (χ1) is 8.80. The van der Waals surface area contributed by atoms with Crippen LogP contribution in [0.25, 0.3) is 0 Å². The van der Waals surface area contributed by atoms with E-state index in [1.54, 1.807) is 13.8 Å². The van der Waals surface area contributed by atoms with Crippen LogP contribution in [0.5, 0.6) is 0 Å². The monoisotopic (exact) mass is 265 g/mol. The van der Waals surface area contributed by atoms with E-state index in [1.807, 2.05) is 4.68 Å². The maximum atomic E-state index is 11.0. The Morgan fingerprint density at radius 2 is 1.95 bits per heavy atom. The lowest BCUT2D eigenvalue weighted by molar-refractivity contribution is -0.386. The highest BCUT2D eigenvalue weighted by Crippen LogP contribution is 2.38. The standard InChI is InChI=1S/C14H23N3O2/c1-10-13(17(18)19)11(2)16(15-10)9-12-5-7-14(3,4)8-6-12/h12H,5-9H2,1-4H3. The molecule has 0 unspecified atom stereocenters. The molecule has 5 nitrogen and oxygen atoms in total. The van der Waals surface area contributed by atoms with Crippen molar-refractivity contribution in [3.63, 3.8) is 0 Å². The number of aromatic nitrogens is 2. The Balaban J connectivity index is 2.09. The molecular formula is C14H23N3O2. The maximum Gasteiger partial charge on any atom is 0.312 e. The van der Waals surface area contributed by atoms with Crippen molar-refractivity contribution in [3.8, 4) is 0 Å². The molecule has 1 aromatic heterocycles. The summed E-state index contributed by atoms with van der Waals surface area (Å²) in [5.41, 5.74) is 1.85. The number of nitrogens with zero attached hydrogens (tertiary/aromatic N) is 3. The molecule has 1 saturated carbocycles. The van der Waals surface area contributed by atoms with Crippen molar-refractivity contribution in [2.75, 3.05) is 0 Å². The van der Waals surface area contributed by atoms with E-state index < -0.39 is 0 Å². The summed E-state index contributed by atoms with van der Waals surface area (Å²) in [6.07, 6.45) is 4.86. The molecule has 1 aliphatic carbocycles. The van der Waals surface area contributed by atoms with E-state index in [-0.39, 0.29) is 10.6 Å². The van der Waals surface area contributed by atoms with Gasteiger partial charge in [-0.05, 0) is 50.9 Å². The van der Waals surface area contributed by atoms with Crippen molar-refractivity contribution in [2.45, 2.75) is 59.9 Å². The molecule has 0 radical (unpaired) electrons. The van der Waals surface area contributed by atoms with E-state index in [0.29, 0.717) is 22.7 Å². The van der Waals surface area contributed by atoms with Gasteiger partial charge in [-0.2, -0.15) is 5.10 Å². The van der Waals surface area contributed by atoms with Crippen LogP contribution in [0, 0.1) is 35.3 Å². The highest BCUT2D eigenvalue weighted by atomic mass is 16.6. The van der Waals surface area contributed by atoms with E-state index in [9.17, 15) is 10.1 Å². The summed E-state index contributed by atoms with van der Waals surface area (Å²) in [6.45, 7) is 8.96. The van der Waals surface area contributed by atoms with Crippen molar-refractivity contribution in [1.82, 2.24) is 9.78 Å². The zero-order chi connectivity index (χ0) is 14.2. The van der Waals surface area contributed by atoms with Gasteiger partial charge in [-0.1, -0.05) is 13.8 Å². The molecule has 0 atom stereocenters. The van der Waals surface area contributed by atoms with Crippen LogP contribution >= 0.6 is 0 Å². The fourth-order valence-corrected chi connectivity index (χ4v) is 3.02. The lowest BCUT2D eigenvalue weighted by Gasteiger charge is -2.34. The summed E-state index contributed by atoms with van der Waals surface area (Å²) >= 11 is 0. The van der Waals surface area contributed by atoms with Crippen LogP contribution in [-0.4, -0.2) is 14.7 Å². The number of hydrogen-bond donors (Lipinski definition) is 0. The van der Waals surface area contributed by atoms with Crippen LogP contribution in [0.1, 0.15) is 50.9 Å². The molecule has 1 aliphatic rings. The van der Waals surface area contributed by atoms with Crippen LogP contribution in [-0.2, 0) is 6.54 Å². The third-order valence-corrected chi connectivity index (χ3v) is 4.42. The van der Waals surface area contributed by atoms with E-state index >= 15 is 0 Å². The summed E-state index contributed by atoms with van der Waals surface area (Å²) in [6, 6.07) is 0. The first-order valence-electron chi connectivity index (χ1n) is 6.98. The smallest absolute Gasteiger partial charge is 0.262 e. The quantitative estimate of drug-likeness (QED) is 0.619. The molecule has 0 aromatic carbocycles. The Kier molecular flexibility index (Phi) is 3.65. The SMILES string of the molecule is Cc1nn(CC2CCC(C)(C)CC2)c(C)c1[N+](=O)[O-]. The predicted octanol–water partition coefficient (Wildman–Crippen LogP) is 3.62. The topological polar surface area (TPSA) is 61.0 Å². The summed E-state index contributed by atoms with van der Waals surface area (Å²) in [5, 5.41) is 15.3. The molecular weight excluding hydrogens is 242 g/mol. The van der Waals surface area contributed by atoms with Crippen LogP contribution in [0.4, 0.5) is 5.69 Å². The molecule has 1 aromatic rings. The molecule has 2 rings (SSSR count). The highest BCUT2D eigenvalue weighted by molar-refractivity contribution is 5.39. The number of aryl methyl sites for hydroxylation is 1. The van der Waals surface area contributed by atoms with Crippen LogP contribution < -0.4 is 0 Å². The van der Waals surface area contributed by atoms with Crippen molar-refractivity contribution < 1.29 is 4.92 Å². The Morgan fingerprint density at radius 1 is 1.37 bits per heavy atom. The molecule has 0 amide bonds. The Labute approximate surface area is 114 Å². The normalized spacial score (nSPS) is 19.6. The van der Waals surface area contributed by atoms with Gasteiger partial charge in [0.15, 0.2) is 0 Å². The van der Waals surface area contributed by atoms with Crippen LogP contribution in [0.3, 0.4) is 0 Å². The van der Waals surface area contributed by atoms with Crippen molar-refractivity contribution in [1.29, 1.82) is 0 Å². The van der Waals surface area contributed by atoms with Crippen molar-refractivity contribution in [3.05, 3.63) is 21.5 Å². The van der Waals surface area contributed by atoms with Gasteiger partial charge in [0, 0.05) is 6.54 Å². The van der Waals surface area contributed by atoms with Crippen molar-refractivity contribution in [2.24, 2.45) is 11.3 Å². The van der Waals surface area contributed by atoms with Gasteiger partial charge >= 0.3 is 5.69 Å². The highest BCUT2D eigenvalue weighted by Gasteiger charge is 2.29. The van der Waals surface area contributed by atoms with Crippen LogP contribution in [0.15, 0.2) is 0 Å². The number of hydrogen-bond acceptors (Lipinski definition) is 3. The molecule has 0 saturated heterocycles. The first-order valence-corrected chi connectivity index (χ1v) is 6.98. The van der Waals surface area contributed by atoms with E-state index in [2.05, 4.69) is 18.9 Å². The first kappa shape index (κ1) is 14.0. The Hall–Kier alpha value is -1.39. The van der Waals surface area contributed by atoms with E-state index in [4.69, 9.17) is 0 Å². The van der Waals surface area contributed by atoms with Gasteiger partial charge in [-0.25, -0.2) is 0 Å². The summed E-state index contributed by atoms with van der Waals surface area (Å²) < 4.78 is 1.83. The maximum absolute atomic E-state index is 11.0. The third-order valence-electron chi connectivity index (χ3n) is 4.42. The lowest BCUT2D eigenvalue weighted by Crippen LogP contribution is -2.24. The average molecular weight is 265 g/mol. The van der Waals surface area contributed by atoms with Crippen LogP contribution in [0.2, 0.25) is 0 Å². The minimum absolute atomic E-state index is 0.177. The molecule has 0 aliphatic heterocycles. The second kappa shape index (κ2) is 4.94. The molecule has 0 bridgehead atoms. The van der Waals surface area contributed by atoms with Gasteiger partial charge in [0.1, 0.15) is 11.4 Å². The molecule has 5 heteroatoms. The van der Waals surface area contributed by atoms with Gasteiger partial charge in [-0.15, -0.1) is 0 Å². The van der Waals surface area contributed by atoms with Gasteiger partial charge < -0.3 is 0 Å². The Bertz CT molecular complexity index is 481. The largest absolute Gasteiger partial charge is 0.312 e. The second-order valence-electron chi connectivity index (χ2n) is 6.57. The fraction of sp³-hybridized carbons (Fsp3) is 0.786. The third kappa shape index (κ3) is 2.96. The Morgan fingerprint density at radius 3 is 2.42 bits per heavy atom. The summed E-state index contributed by atoms with van der Waals surface area (Å²) in [4.78, 5) is 10.7. The fourth-order valence-electron chi connectivity index (χ4n) is 3.02. The lowest BCUT2D eigenvalue weighted by atomic mass is 9.73. The second-order valence-corrected chi connectivity index (χ2v) is 6.57. The summed E-state index contributed by atoms with van der Waals surface area (Å²) in [5.74, 6) is 0.602. The van der Waals surface area contributed by atoms with Crippen molar-refractivity contribution >= 4 is 5.69 Å². The van der Waals surface area contributed by atoms with E-state index in [1.165, 1.54) is 25.7 Å². The minimum Gasteiger partial charge on any atom is -0.262 e. The summed E-state index contributed by atoms with van der Waals surface area (Å²) in [7, 11) is 0. The zero-order valence-corrected chi connectivity index (χ0v) is 12.3. The van der Waals surface area contributed by atoms with Gasteiger partial charge in [0.25, 0.3) is 0 Å². The van der Waals surface area contributed by atoms with E-state index in [0.717, 1.165) is 6.54 Å². The average Bonchev–Trinajstić information content (AvgIpc) is 2.57. The predicted molar refractivity (Wildman–Crippen MR) is 74.1 cm³/mol. The zero-order valence-electron chi connectivity index (χ0n) is 12.3. The molecule has 106 valence electrons. The molecule has 0 N–H and O–H groups in total. The van der Waals surface area contributed by atoms with Gasteiger partial charge in [0.2, 0.25) is 0 Å². The minimum atomic E-state index is -0.321. The molecule has 1 fully saturated rings. The van der Waals surface area contributed by atoms with Gasteiger partial charge in [0.05, 0.1) is 4.92 Å². The molecule has 1 heterocycles. The number of rotatable bonds is 3. The molecule has 19 heavy (non-hydrogen) atoms. The van der Waals surface area contributed by atoms with Gasteiger partial charge in [-0.3, -0.25) is 14.8 Å².